The van der Waals surface area contributed by atoms with Crippen molar-refractivity contribution in [3.63, 3.8) is 0 Å². The van der Waals surface area contributed by atoms with Crippen molar-refractivity contribution in [2.24, 2.45) is 11.3 Å². The molecule has 0 N–H and O–H groups in total. The number of nitrogens with zero attached hydrogens (tertiary/aromatic N) is 3. The molecule has 1 saturated heterocycles. The number of hydrogen-bond donors (Lipinski definition) is 0. The van der Waals surface area contributed by atoms with E-state index in [-0.39, 0.29) is 11.4 Å². The fourth-order valence-corrected chi connectivity index (χ4v) is 3.65. The molecule has 2 aliphatic rings. The molecule has 1 aliphatic heterocycles. The third-order valence-corrected chi connectivity index (χ3v) is 4.96. The molecule has 1 aromatic heterocycles. The molecule has 5 nitrogen and oxygen atoms in total. The molecule has 20 heavy (non-hydrogen) atoms. The topological polar surface area (TPSA) is 55.3 Å². The summed E-state index contributed by atoms with van der Waals surface area (Å²) in [6, 6.07) is 0. The van der Waals surface area contributed by atoms with Crippen LogP contribution in [0, 0.1) is 25.2 Å². The Bertz CT molecular complexity index is 546. The molecule has 0 aromatic carbocycles. The van der Waals surface area contributed by atoms with Gasteiger partial charge >= 0.3 is 5.97 Å². The molecule has 2 heterocycles. The van der Waals surface area contributed by atoms with Crippen molar-refractivity contribution in [1.82, 2.24) is 9.97 Å². The number of hydrogen-bond acceptors (Lipinski definition) is 5. The summed E-state index contributed by atoms with van der Waals surface area (Å²) in [6.07, 6.45) is 4.99. The van der Waals surface area contributed by atoms with Gasteiger partial charge in [-0.1, -0.05) is 6.42 Å². The summed E-state index contributed by atoms with van der Waals surface area (Å²) in [6.45, 7) is 5.55. The highest BCUT2D eigenvalue weighted by molar-refractivity contribution is 5.79. The van der Waals surface area contributed by atoms with Crippen LogP contribution in [0.15, 0.2) is 6.20 Å². The summed E-state index contributed by atoms with van der Waals surface area (Å²) in [7, 11) is 1.49. The van der Waals surface area contributed by atoms with Crippen LogP contribution in [0.3, 0.4) is 0 Å². The monoisotopic (exact) mass is 275 g/mol. The quantitative estimate of drug-likeness (QED) is 0.771. The molecule has 2 unspecified atom stereocenters. The minimum Gasteiger partial charge on any atom is -0.469 e. The van der Waals surface area contributed by atoms with Gasteiger partial charge in [0.25, 0.3) is 0 Å². The van der Waals surface area contributed by atoms with Crippen LogP contribution in [-0.2, 0) is 9.53 Å². The molecule has 2 fully saturated rings. The average Bonchev–Trinajstić information content (AvgIpc) is 2.98. The number of esters is 1. The lowest BCUT2D eigenvalue weighted by Crippen LogP contribution is -2.37. The Labute approximate surface area is 119 Å². The van der Waals surface area contributed by atoms with Crippen molar-refractivity contribution in [3.05, 3.63) is 17.5 Å². The molecule has 5 heteroatoms. The Hall–Kier alpha value is -1.65. The zero-order chi connectivity index (χ0) is 14.3. The second-order valence-electron chi connectivity index (χ2n) is 6.06. The van der Waals surface area contributed by atoms with E-state index >= 15 is 0 Å². The lowest BCUT2D eigenvalue weighted by atomic mass is 9.81. The number of ether oxygens (including phenoxy) is 1. The molecular weight excluding hydrogens is 254 g/mol. The Morgan fingerprint density at radius 3 is 3.00 bits per heavy atom. The van der Waals surface area contributed by atoms with Gasteiger partial charge < -0.3 is 9.64 Å². The number of carbonyl (C=O) groups excluding carboxylic acids is 1. The van der Waals surface area contributed by atoms with E-state index in [1.165, 1.54) is 7.11 Å². The number of rotatable bonds is 2. The van der Waals surface area contributed by atoms with Crippen LogP contribution in [0.25, 0.3) is 0 Å². The maximum atomic E-state index is 12.2. The number of carbonyl (C=O) groups is 1. The summed E-state index contributed by atoms with van der Waals surface area (Å²) in [5.41, 5.74) is 1.76. The van der Waals surface area contributed by atoms with Gasteiger partial charge in [0.1, 0.15) is 0 Å². The first kappa shape index (κ1) is 13.3. The summed E-state index contributed by atoms with van der Waals surface area (Å²) in [4.78, 5) is 23.4. The van der Waals surface area contributed by atoms with E-state index in [9.17, 15) is 4.79 Å². The number of aryl methyl sites for hydroxylation is 2. The van der Waals surface area contributed by atoms with Crippen molar-refractivity contribution < 1.29 is 9.53 Å². The van der Waals surface area contributed by atoms with Crippen molar-refractivity contribution >= 4 is 11.9 Å². The normalized spacial score (nSPS) is 28.6. The van der Waals surface area contributed by atoms with Crippen LogP contribution in [0.2, 0.25) is 0 Å². The molecule has 3 rings (SSSR count). The van der Waals surface area contributed by atoms with E-state index in [1.54, 1.807) is 0 Å². The molecule has 0 radical (unpaired) electrons. The third-order valence-electron chi connectivity index (χ3n) is 4.96. The summed E-state index contributed by atoms with van der Waals surface area (Å²) in [5, 5.41) is 0. The predicted molar refractivity (Wildman–Crippen MR) is 75.5 cm³/mol. The maximum Gasteiger partial charge on any atom is 0.313 e. The predicted octanol–water partition coefficient (Wildman–Crippen LogP) is 1.87. The molecule has 1 aromatic rings. The zero-order valence-electron chi connectivity index (χ0n) is 12.3. The average molecular weight is 275 g/mol. The Morgan fingerprint density at radius 1 is 1.50 bits per heavy atom. The van der Waals surface area contributed by atoms with Crippen LogP contribution >= 0.6 is 0 Å². The van der Waals surface area contributed by atoms with Gasteiger partial charge in [-0.15, -0.1) is 0 Å². The molecule has 108 valence electrons. The van der Waals surface area contributed by atoms with Crippen LogP contribution < -0.4 is 4.90 Å². The van der Waals surface area contributed by atoms with Crippen molar-refractivity contribution in [1.29, 1.82) is 0 Å². The van der Waals surface area contributed by atoms with E-state index in [2.05, 4.69) is 14.9 Å². The van der Waals surface area contributed by atoms with Gasteiger partial charge in [0.05, 0.1) is 12.5 Å². The number of fused-ring (bicyclic) bond motifs is 1. The van der Waals surface area contributed by atoms with E-state index in [4.69, 9.17) is 4.74 Å². The van der Waals surface area contributed by atoms with Gasteiger partial charge in [0, 0.05) is 25.0 Å². The lowest BCUT2D eigenvalue weighted by molar-refractivity contribution is -0.152. The first-order chi connectivity index (χ1) is 9.56. The largest absolute Gasteiger partial charge is 0.469 e. The summed E-state index contributed by atoms with van der Waals surface area (Å²) < 4.78 is 5.06. The molecule has 0 bridgehead atoms. The Kier molecular flexibility index (Phi) is 3.15. The van der Waals surface area contributed by atoms with Gasteiger partial charge in [-0.2, -0.15) is 0 Å². The minimum atomic E-state index is -0.336. The first-order valence-electron chi connectivity index (χ1n) is 7.20. The lowest BCUT2D eigenvalue weighted by Gasteiger charge is -2.25. The zero-order valence-corrected chi connectivity index (χ0v) is 12.3. The highest BCUT2D eigenvalue weighted by Crippen LogP contribution is 2.49. The van der Waals surface area contributed by atoms with Crippen LogP contribution in [-0.4, -0.2) is 36.1 Å². The second kappa shape index (κ2) is 4.72. The highest BCUT2D eigenvalue weighted by Gasteiger charge is 2.55. The fourth-order valence-electron chi connectivity index (χ4n) is 3.65. The second-order valence-corrected chi connectivity index (χ2v) is 6.06. The standard InChI is InChI=1S/C15H21N3O2/c1-10-7-16-14(17-11(10)2)18-8-12-5-4-6-15(12,9-18)13(19)20-3/h7,12H,4-6,8-9H2,1-3H3. The maximum absolute atomic E-state index is 12.2. The first-order valence-corrected chi connectivity index (χ1v) is 7.20. The molecule has 0 amide bonds. The molecular formula is C15H21N3O2. The van der Waals surface area contributed by atoms with Crippen molar-refractivity contribution in [3.8, 4) is 0 Å². The summed E-state index contributed by atoms with van der Waals surface area (Å²) >= 11 is 0. The van der Waals surface area contributed by atoms with E-state index < -0.39 is 0 Å². The molecule has 0 spiro atoms. The van der Waals surface area contributed by atoms with Crippen LogP contribution in [0.1, 0.15) is 30.5 Å². The summed E-state index contributed by atoms with van der Waals surface area (Å²) in [5.74, 6) is 1.05. The SMILES string of the molecule is COC(=O)C12CCCC1CN(c1ncc(C)c(C)n1)C2. The Balaban J connectivity index is 1.88. The van der Waals surface area contributed by atoms with Crippen LogP contribution in [0.4, 0.5) is 5.95 Å². The molecule has 1 saturated carbocycles. The van der Waals surface area contributed by atoms with Gasteiger partial charge in [-0.3, -0.25) is 4.79 Å². The van der Waals surface area contributed by atoms with Gasteiger partial charge in [0.2, 0.25) is 5.95 Å². The molecule has 1 aliphatic carbocycles. The minimum absolute atomic E-state index is 0.0636. The van der Waals surface area contributed by atoms with Gasteiger partial charge in [-0.05, 0) is 38.2 Å². The fraction of sp³-hybridized carbons (Fsp3) is 0.667. The number of aromatic nitrogens is 2. The highest BCUT2D eigenvalue weighted by atomic mass is 16.5. The number of anilines is 1. The van der Waals surface area contributed by atoms with E-state index in [0.717, 1.165) is 43.0 Å². The number of methoxy groups -OCH3 is 1. The van der Waals surface area contributed by atoms with Gasteiger partial charge in [0.15, 0.2) is 0 Å². The van der Waals surface area contributed by atoms with Crippen molar-refractivity contribution in [2.45, 2.75) is 33.1 Å². The van der Waals surface area contributed by atoms with E-state index in [0.29, 0.717) is 12.5 Å². The van der Waals surface area contributed by atoms with E-state index in [1.807, 2.05) is 20.0 Å². The third kappa shape index (κ3) is 1.87. The van der Waals surface area contributed by atoms with Gasteiger partial charge in [-0.25, -0.2) is 9.97 Å². The Morgan fingerprint density at radius 2 is 2.30 bits per heavy atom. The van der Waals surface area contributed by atoms with Crippen LogP contribution in [0.5, 0.6) is 0 Å². The molecule has 2 atom stereocenters. The smallest absolute Gasteiger partial charge is 0.313 e. The van der Waals surface area contributed by atoms with Crippen molar-refractivity contribution in [2.75, 3.05) is 25.1 Å².